The number of carbonyl (C=O) groups is 1. The van der Waals surface area contributed by atoms with E-state index in [2.05, 4.69) is 12.0 Å². The number of nitrogens with zero attached hydrogens (tertiary/aromatic N) is 2. The Balaban J connectivity index is 2.13. The molecule has 1 N–H and O–H groups in total. The van der Waals surface area contributed by atoms with Crippen molar-refractivity contribution >= 4 is 5.97 Å². The molecule has 0 radical (unpaired) electrons. The number of ether oxygens (including phenoxy) is 1. The third-order valence-corrected chi connectivity index (χ3v) is 2.84. The standard InChI is InChI=1S/C11H16N2O3/c1-2-4-13-7-8(6-12-13)10-9(11(14)15)3-5-16-10/h6-7,9-10H,2-5H2,1H3,(H,14,15). The molecule has 0 aliphatic carbocycles. The molecule has 0 spiro atoms. The zero-order valence-electron chi connectivity index (χ0n) is 9.30. The monoisotopic (exact) mass is 224 g/mol. The van der Waals surface area contributed by atoms with E-state index in [1.807, 2.05) is 10.9 Å². The number of carboxylic acids is 1. The van der Waals surface area contributed by atoms with Crippen molar-refractivity contribution in [1.82, 2.24) is 9.78 Å². The molecule has 2 atom stereocenters. The Bertz CT molecular complexity index is 375. The van der Waals surface area contributed by atoms with E-state index in [4.69, 9.17) is 9.84 Å². The van der Waals surface area contributed by atoms with Gasteiger partial charge in [-0.15, -0.1) is 0 Å². The van der Waals surface area contributed by atoms with Gasteiger partial charge in [-0.25, -0.2) is 0 Å². The number of aromatic nitrogens is 2. The minimum atomic E-state index is -0.786. The zero-order valence-corrected chi connectivity index (χ0v) is 9.30. The predicted molar refractivity (Wildman–Crippen MR) is 57.0 cm³/mol. The molecule has 1 aliphatic heterocycles. The Labute approximate surface area is 94.0 Å². The molecule has 16 heavy (non-hydrogen) atoms. The van der Waals surface area contributed by atoms with E-state index in [1.54, 1.807) is 6.20 Å². The highest BCUT2D eigenvalue weighted by Gasteiger charge is 2.35. The second-order valence-electron chi connectivity index (χ2n) is 4.06. The van der Waals surface area contributed by atoms with E-state index in [0.29, 0.717) is 13.0 Å². The number of carboxylic acid groups (broad SMARTS) is 1. The SMILES string of the molecule is CCCn1cc(C2OCCC2C(=O)O)cn1. The minimum Gasteiger partial charge on any atom is -0.481 e. The van der Waals surface area contributed by atoms with E-state index >= 15 is 0 Å². The van der Waals surface area contributed by atoms with Crippen LogP contribution in [0.4, 0.5) is 0 Å². The summed E-state index contributed by atoms with van der Waals surface area (Å²) in [5.41, 5.74) is 0.873. The number of hydrogen-bond donors (Lipinski definition) is 1. The number of aliphatic carboxylic acids is 1. The van der Waals surface area contributed by atoms with Gasteiger partial charge in [0.1, 0.15) is 0 Å². The average molecular weight is 224 g/mol. The van der Waals surface area contributed by atoms with Crippen LogP contribution in [0.1, 0.15) is 31.4 Å². The summed E-state index contributed by atoms with van der Waals surface area (Å²) >= 11 is 0. The lowest BCUT2D eigenvalue weighted by atomic mass is 9.98. The van der Waals surface area contributed by atoms with Crippen molar-refractivity contribution in [3.8, 4) is 0 Å². The van der Waals surface area contributed by atoms with Gasteiger partial charge in [-0.2, -0.15) is 5.10 Å². The number of rotatable bonds is 4. The molecule has 0 bridgehead atoms. The summed E-state index contributed by atoms with van der Waals surface area (Å²) in [6.07, 6.45) is 4.86. The van der Waals surface area contributed by atoms with Crippen molar-refractivity contribution in [3.05, 3.63) is 18.0 Å². The molecule has 1 aromatic heterocycles. The minimum absolute atomic E-state index is 0.330. The van der Waals surface area contributed by atoms with Crippen molar-refractivity contribution in [2.45, 2.75) is 32.4 Å². The first-order chi connectivity index (χ1) is 7.72. The summed E-state index contributed by atoms with van der Waals surface area (Å²) in [5, 5.41) is 13.2. The first-order valence-corrected chi connectivity index (χ1v) is 5.59. The Morgan fingerprint density at radius 2 is 2.56 bits per heavy atom. The van der Waals surface area contributed by atoms with Crippen LogP contribution in [0.15, 0.2) is 12.4 Å². The summed E-state index contributed by atoms with van der Waals surface area (Å²) in [6.45, 7) is 3.44. The molecular formula is C11H16N2O3. The molecule has 1 fully saturated rings. The summed E-state index contributed by atoms with van der Waals surface area (Å²) in [7, 11) is 0. The highest BCUT2D eigenvalue weighted by molar-refractivity contribution is 5.71. The van der Waals surface area contributed by atoms with Gasteiger partial charge in [0.15, 0.2) is 0 Å². The second-order valence-corrected chi connectivity index (χ2v) is 4.06. The summed E-state index contributed by atoms with van der Waals surface area (Å²) in [4.78, 5) is 11.0. The van der Waals surface area contributed by atoms with Gasteiger partial charge >= 0.3 is 5.97 Å². The molecule has 1 saturated heterocycles. The molecule has 1 aromatic rings. The molecule has 0 amide bonds. The van der Waals surface area contributed by atoms with E-state index in [0.717, 1.165) is 18.5 Å². The summed E-state index contributed by atoms with van der Waals surface area (Å²) < 4.78 is 7.30. The molecule has 2 heterocycles. The maximum atomic E-state index is 11.0. The van der Waals surface area contributed by atoms with Gasteiger partial charge in [0.2, 0.25) is 0 Å². The van der Waals surface area contributed by atoms with Crippen molar-refractivity contribution < 1.29 is 14.6 Å². The fourth-order valence-electron chi connectivity index (χ4n) is 2.05. The molecule has 2 rings (SSSR count). The van der Waals surface area contributed by atoms with Crippen LogP contribution in [-0.2, 0) is 16.1 Å². The summed E-state index contributed by atoms with van der Waals surface area (Å²) in [6, 6.07) is 0. The van der Waals surface area contributed by atoms with Crippen molar-refractivity contribution in [1.29, 1.82) is 0 Å². The van der Waals surface area contributed by atoms with Gasteiger partial charge < -0.3 is 9.84 Å². The lowest BCUT2D eigenvalue weighted by molar-refractivity contribution is -0.143. The fourth-order valence-corrected chi connectivity index (χ4v) is 2.05. The van der Waals surface area contributed by atoms with Crippen LogP contribution in [0, 0.1) is 5.92 Å². The van der Waals surface area contributed by atoms with Crippen LogP contribution >= 0.6 is 0 Å². The van der Waals surface area contributed by atoms with Crippen molar-refractivity contribution in [3.63, 3.8) is 0 Å². The lowest BCUT2D eigenvalue weighted by Gasteiger charge is -2.12. The van der Waals surface area contributed by atoms with Gasteiger partial charge in [0, 0.05) is 24.9 Å². The smallest absolute Gasteiger partial charge is 0.309 e. The molecule has 88 valence electrons. The molecule has 5 heteroatoms. The van der Waals surface area contributed by atoms with E-state index < -0.39 is 11.9 Å². The first kappa shape index (κ1) is 11.1. The van der Waals surface area contributed by atoms with Gasteiger partial charge in [0.25, 0.3) is 0 Å². The van der Waals surface area contributed by atoms with Crippen LogP contribution in [-0.4, -0.2) is 27.5 Å². The predicted octanol–water partition coefficient (Wildman–Crippen LogP) is 1.46. The maximum Gasteiger partial charge on any atom is 0.309 e. The van der Waals surface area contributed by atoms with Crippen LogP contribution in [0.5, 0.6) is 0 Å². The lowest BCUT2D eigenvalue weighted by Crippen LogP contribution is -2.17. The topological polar surface area (TPSA) is 64.3 Å². The number of aryl methyl sites for hydroxylation is 1. The van der Waals surface area contributed by atoms with E-state index in [1.165, 1.54) is 0 Å². The van der Waals surface area contributed by atoms with Crippen LogP contribution in [0.25, 0.3) is 0 Å². The zero-order chi connectivity index (χ0) is 11.5. The average Bonchev–Trinajstić information content (AvgIpc) is 2.83. The summed E-state index contributed by atoms with van der Waals surface area (Å²) in [5.74, 6) is -1.22. The molecule has 0 saturated carbocycles. The second kappa shape index (κ2) is 4.65. The highest BCUT2D eigenvalue weighted by Crippen LogP contribution is 2.34. The van der Waals surface area contributed by atoms with Crippen LogP contribution < -0.4 is 0 Å². The van der Waals surface area contributed by atoms with Crippen molar-refractivity contribution in [2.75, 3.05) is 6.61 Å². The Morgan fingerprint density at radius 1 is 1.75 bits per heavy atom. The van der Waals surface area contributed by atoms with E-state index in [9.17, 15) is 4.79 Å². The Kier molecular flexibility index (Phi) is 3.24. The maximum absolute atomic E-state index is 11.0. The van der Waals surface area contributed by atoms with E-state index in [-0.39, 0.29) is 6.10 Å². The van der Waals surface area contributed by atoms with Gasteiger partial charge in [0.05, 0.1) is 18.2 Å². The van der Waals surface area contributed by atoms with Crippen molar-refractivity contribution in [2.24, 2.45) is 5.92 Å². The number of hydrogen-bond acceptors (Lipinski definition) is 3. The Hall–Kier alpha value is -1.36. The third kappa shape index (κ3) is 2.09. The molecule has 0 aromatic carbocycles. The molecule has 2 unspecified atom stereocenters. The van der Waals surface area contributed by atoms with Gasteiger partial charge in [-0.1, -0.05) is 6.92 Å². The van der Waals surface area contributed by atoms with Gasteiger partial charge in [-0.3, -0.25) is 9.48 Å². The molecule has 5 nitrogen and oxygen atoms in total. The highest BCUT2D eigenvalue weighted by atomic mass is 16.5. The first-order valence-electron chi connectivity index (χ1n) is 5.59. The van der Waals surface area contributed by atoms with Gasteiger partial charge in [-0.05, 0) is 12.8 Å². The van der Waals surface area contributed by atoms with Crippen LogP contribution in [0.2, 0.25) is 0 Å². The normalized spacial score (nSPS) is 24.8. The molecule has 1 aliphatic rings. The fraction of sp³-hybridized carbons (Fsp3) is 0.636. The quantitative estimate of drug-likeness (QED) is 0.840. The Morgan fingerprint density at radius 3 is 3.25 bits per heavy atom. The molecular weight excluding hydrogens is 208 g/mol. The largest absolute Gasteiger partial charge is 0.481 e. The third-order valence-electron chi connectivity index (χ3n) is 2.84. The van der Waals surface area contributed by atoms with Crippen LogP contribution in [0.3, 0.4) is 0 Å².